The summed E-state index contributed by atoms with van der Waals surface area (Å²) >= 11 is 1.56. The van der Waals surface area contributed by atoms with Crippen molar-refractivity contribution in [2.75, 3.05) is 6.67 Å². The third kappa shape index (κ3) is 2.08. The Kier molecular flexibility index (Phi) is 3.13. The second kappa shape index (κ2) is 4.55. The van der Waals surface area contributed by atoms with Crippen molar-refractivity contribution in [2.45, 2.75) is 13.2 Å². The summed E-state index contributed by atoms with van der Waals surface area (Å²) in [5, 5.41) is 15.3. The molecule has 2 aromatic heterocycles. The second-order valence-corrected chi connectivity index (χ2v) is 4.04. The number of halogens is 1. The molecule has 0 aromatic carbocycles. The molecule has 2 rings (SSSR count). The van der Waals surface area contributed by atoms with Gasteiger partial charge in [0.1, 0.15) is 12.4 Å². The molecule has 0 aliphatic heterocycles. The molecule has 0 aliphatic rings. The van der Waals surface area contributed by atoms with Crippen LogP contribution in [0.1, 0.15) is 5.56 Å². The minimum absolute atomic E-state index is 0.0699. The van der Waals surface area contributed by atoms with E-state index in [4.69, 9.17) is 5.11 Å². The van der Waals surface area contributed by atoms with Crippen molar-refractivity contribution in [2.24, 2.45) is 0 Å². The first-order valence-corrected chi connectivity index (χ1v) is 5.50. The molecule has 0 saturated heterocycles. The zero-order chi connectivity index (χ0) is 10.7. The maximum Gasteiger partial charge on any atom is 0.109 e. The minimum Gasteiger partial charge on any atom is -0.392 e. The van der Waals surface area contributed by atoms with Gasteiger partial charge in [0.25, 0.3) is 0 Å². The molecule has 0 radical (unpaired) electrons. The van der Waals surface area contributed by atoms with E-state index in [0.29, 0.717) is 0 Å². The third-order valence-electron chi connectivity index (χ3n) is 2.08. The lowest BCUT2D eigenvalue weighted by atomic mass is 10.2. The van der Waals surface area contributed by atoms with Crippen LogP contribution in [0.15, 0.2) is 23.7 Å². The standard InChI is InChI=1S/C10H11FN2OS/c11-3-4-13-6-8(7-14)10(12-13)9-2-1-5-15-9/h1-2,5-6,14H,3-4,7H2. The number of aryl methyl sites for hydroxylation is 1. The summed E-state index contributed by atoms with van der Waals surface area (Å²) in [5.41, 5.74) is 1.49. The molecule has 0 atom stereocenters. The quantitative estimate of drug-likeness (QED) is 0.866. The lowest BCUT2D eigenvalue weighted by molar-refractivity contribution is 0.282. The molecular weight excluding hydrogens is 215 g/mol. The van der Waals surface area contributed by atoms with E-state index < -0.39 is 6.67 Å². The summed E-state index contributed by atoms with van der Waals surface area (Å²) in [5.74, 6) is 0. The van der Waals surface area contributed by atoms with E-state index in [1.54, 1.807) is 17.5 Å². The van der Waals surface area contributed by atoms with Gasteiger partial charge in [-0.3, -0.25) is 4.68 Å². The van der Waals surface area contributed by atoms with Gasteiger partial charge in [0.05, 0.1) is 18.0 Å². The van der Waals surface area contributed by atoms with Gasteiger partial charge in [-0.15, -0.1) is 11.3 Å². The molecule has 0 unspecified atom stereocenters. The van der Waals surface area contributed by atoms with Crippen LogP contribution in [0.25, 0.3) is 10.6 Å². The monoisotopic (exact) mass is 226 g/mol. The van der Waals surface area contributed by atoms with E-state index in [9.17, 15) is 4.39 Å². The van der Waals surface area contributed by atoms with Gasteiger partial charge < -0.3 is 5.11 Å². The number of thiophene rings is 1. The first kappa shape index (κ1) is 10.3. The Hall–Kier alpha value is -1.20. The molecule has 0 fully saturated rings. The van der Waals surface area contributed by atoms with Gasteiger partial charge in [-0.2, -0.15) is 5.10 Å². The molecule has 3 nitrogen and oxygen atoms in total. The molecule has 0 saturated carbocycles. The van der Waals surface area contributed by atoms with Gasteiger partial charge in [0, 0.05) is 11.8 Å². The van der Waals surface area contributed by atoms with Crippen molar-refractivity contribution in [1.82, 2.24) is 9.78 Å². The van der Waals surface area contributed by atoms with Crippen LogP contribution < -0.4 is 0 Å². The third-order valence-corrected chi connectivity index (χ3v) is 2.95. The summed E-state index contributed by atoms with van der Waals surface area (Å²) < 4.78 is 13.7. The molecule has 2 aromatic rings. The van der Waals surface area contributed by atoms with Crippen molar-refractivity contribution in [1.29, 1.82) is 0 Å². The molecule has 0 aliphatic carbocycles. The summed E-state index contributed by atoms with van der Waals surface area (Å²) in [6.07, 6.45) is 1.69. The molecule has 15 heavy (non-hydrogen) atoms. The molecule has 5 heteroatoms. The number of hydrogen-bond donors (Lipinski definition) is 1. The number of alkyl halides is 1. The second-order valence-electron chi connectivity index (χ2n) is 3.09. The fraction of sp³-hybridized carbons (Fsp3) is 0.300. The van der Waals surface area contributed by atoms with Gasteiger partial charge in [0.2, 0.25) is 0 Å². The Morgan fingerprint density at radius 1 is 1.53 bits per heavy atom. The predicted molar refractivity (Wildman–Crippen MR) is 57.4 cm³/mol. The Balaban J connectivity index is 2.37. The number of aliphatic hydroxyl groups is 1. The summed E-state index contributed by atoms with van der Waals surface area (Å²) in [4.78, 5) is 0.997. The maximum atomic E-state index is 12.1. The van der Waals surface area contributed by atoms with Crippen LogP contribution in [-0.4, -0.2) is 21.6 Å². The average Bonchev–Trinajstić information content (AvgIpc) is 2.84. The number of aliphatic hydroxyl groups excluding tert-OH is 1. The normalized spacial score (nSPS) is 10.8. The van der Waals surface area contributed by atoms with E-state index in [2.05, 4.69) is 5.10 Å². The predicted octanol–water partition coefficient (Wildman–Crippen LogP) is 2.07. The van der Waals surface area contributed by atoms with Crippen LogP contribution >= 0.6 is 11.3 Å². The van der Waals surface area contributed by atoms with Gasteiger partial charge in [-0.05, 0) is 11.4 Å². The Labute approximate surface area is 90.8 Å². The first-order chi connectivity index (χ1) is 7.35. The van der Waals surface area contributed by atoms with E-state index in [0.717, 1.165) is 16.1 Å². The van der Waals surface area contributed by atoms with Crippen LogP contribution in [0.3, 0.4) is 0 Å². The molecule has 1 N–H and O–H groups in total. The van der Waals surface area contributed by atoms with Crippen LogP contribution in [0.5, 0.6) is 0 Å². The van der Waals surface area contributed by atoms with Gasteiger partial charge in [-0.1, -0.05) is 6.07 Å². The topological polar surface area (TPSA) is 38.0 Å². The summed E-state index contributed by atoms with van der Waals surface area (Å²) in [6.45, 7) is -0.283. The van der Waals surface area contributed by atoms with E-state index in [-0.39, 0.29) is 13.2 Å². The number of rotatable bonds is 4. The Bertz CT molecular complexity index is 425. The molecular formula is C10H11FN2OS. The number of hydrogen-bond acceptors (Lipinski definition) is 3. The number of aromatic nitrogens is 2. The maximum absolute atomic E-state index is 12.1. The van der Waals surface area contributed by atoms with E-state index in [1.807, 2.05) is 17.5 Å². The fourth-order valence-corrected chi connectivity index (χ4v) is 2.14. The van der Waals surface area contributed by atoms with Crippen LogP contribution in [0.4, 0.5) is 4.39 Å². The molecule has 0 spiro atoms. The molecule has 0 bridgehead atoms. The van der Waals surface area contributed by atoms with Crippen LogP contribution in [-0.2, 0) is 13.2 Å². The van der Waals surface area contributed by atoms with Crippen molar-refractivity contribution in [3.05, 3.63) is 29.3 Å². The van der Waals surface area contributed by atoms with Crippen molar-refractivity contribution < 1.29 is 9.50 Å². The molecule has 2 heterocycles. The van der Waals surface area contributed by atoms with Crippen LogP contribution in [0.2, 0.25) is 0 Å². The zero-order valence-electron chi connectivity index (χ0n) is 8.06. The van der Waals surface area contributed by atoms with E-state index in [1.165, 1.54) is 4.68 Å². The Morgan fingerprint density at radius 3 is 3.00 bits per heavy atom. The highest BCUT2D eigenvalue weighted by Gasteiger charge is 2.10. The largest absolute Gasteiger partial charge is 0.392 e. The fourth-order valence-electron chi connectivity index (χ4n) is 1.40. The SMILES string of the molecule is OCc1cn(CCF)nc1-c1cccs1. The van der Waals surface area contributed by atoms with Crippen LogP contribution in [0, 0.1) is 0 Å². The first-order valence-electron chi connectivity index (χ1n) is 4.62. The van der Waals surface area contributed by atoms with Crippen molar-refractivity contribution in [3.8, 4) is 10.6 Å². The highest BCUT2D eigenvalue weighted by Crippen LogP contribution is 2.26. The van der Waals surface area contributed by atoms with Crippen molar-refractivity contribution in [3.63, 3.8) is 0 Å². The Morgan fingerprint density at radius 2 is 2.40 bits per heavy atom. The lowest BCUT2D eigenvalue weighted by Crippen LogP contribution is -1.99. The highest BCUT2D eigenvalue weighted by molar-refractivity contribution is 7.13. The summed E-state index contributed by atoms with van der Waals surface area (Å²) in [6, 6.07) is 3.86. The molecule has 0 amide bonds. The lowest BCUT2D eigenvalue weighted by Gasteiger charge is -1.94. The molecule has 80 valence electrons. The number of nitrogens with zero attached hydrogens (tertiary/aromatic N) is 2. The smallest absolute Gasteiger partial charge is 0.109 e. The van der Waals surface area contributed by atoms with E-state index >= 15 is 0 Å². The van der Waals surface area contributed by atoms with Crippen molar-refractivity contribution >= 4 is 11.3 Å². The minimum atomic E-state index is -0.448. The summed E-state index contributed by atoms with van der Waals surface area (Å²) in [7, 11) is 0. The van der Waals surface area contributed by atoms with Gasteiger partial charge in [-0.25, -0.2) is 4.39 Å². The van der Waals surface area contributed by atoms with Gasteiger partial charge in [0.15, 0.2) is 0 Å². The van der Waals surface area contributed by atoms with Gasteiger partial charge >= 0.3 is 0 Å². The zero-order valence-corrected chi connectivity index (χ0v) is 8.88. The highest BCUT2D eigenvalue weighted by atomic mass is 32.1. The average molecular weight is 226 g/mol.